The summed E-state index contributed by atoms with van der Waals surface area (Å²) in [6.45, 7) is 4.41. The SMILES string of the molecule is Cc1ccc(CCN(Cc2ccc3ccccc3n2)Cc2nncn2Cc2ccccc2[N+](=O)[O-])cc1. The van der Waals surface area contributed by atoms with Gasteiger partial charge in [-0.05, 0) is 31.0 Å². The monoisotopic (exact) mass is 492 g/mol. The number of hydrogen-bond acceptors (Lipinski definition) is 6. The molecule has 0 saturated heterocycles. The largest absolute Gasteiger partial charge is 0.312 e. The number of rotatable bonds is 10. The number of pyridine rings is 1. The van der Waals surface area contributed by atoms with Gasteiger partial charge < -0.3 is 4.57 Å². The van der Waals surface area contributed by atoms with E-state index in [4.69, 9.17) is 4.98 Å². The van der Waals surface area contributed by atoms with E-state index in [0.717, 1.165) is 35.4 Å². The first kappa shape index (κ1) is 24.3. The highest BCUT2D eigenvalue weighted by Crippen LogP contribution is 2.20. The second-order valence-corrected chi connectivity index (χ2v) is 9.20. The van der Waals surface area contributed by atoms with E-state index in [-0.39, 0.29) is 10.6 Å². The summed E-state index contributed by atoms with van der Waals surface area (Å²) in [5.74, 6) is 0.753. The van der Waals surface area contributed by atoms with Gasteiger partial charge in [0.2, 0.25) is 0 Å². The molecule has 8 nitrogen and oxygen atoms in total. The summed E-state index contributed by atoms with van der Waals surface area (Å²) in [7, 11) is 0. The molecule has 0 radical (unpaired) electrons. The van der Waals surface area contributed by atoms with Crippen molar-refractivity contribution >= 4 is 16.6 Å². The van der Waals surface area contributed by atoms with Crippen molar-refractivity contribution in [1.29, 1.82) is 0 Å². The smallest absolute Gasteiger partial charge is 0.274 e. The summed E-state index contributed by atoms with van der Waals surface area (Å²) in [4.78, 5) is 18.3. The number of hydrogen-bond donors (Lipinski definition) is 0. The van der Waals surface area contributed by atoms with Crippen molar-refractivity contribution in [2.75, 3.05) is 6.54 Å². The van der Waals surface area contributed by atoms with Crippen LogP contribution in [0, 0.1) is 17.0 Å². The lowest BCUT2D eigenvalue weighted by molar-refractivity contribution is -0.385. The molecule has 2 aromatic heterocycles. The predicted molar refractivity (Wildman–Crippen MR) is 143 cm³/mol. The van der Waals surface area contributed by atoms with Gasteiger partial charge in [0, 0.05) is 30.1 Å². The Kier molecular flexibility index (Phi) is 7.28. The molecule has 3 aromatic carbocycles. The van der Waals surface area contributed by atoms with Crippen molar-refractivity contribution in [2.24, 2.45) is 0 Å². The lowest BCUT2D eigenvalue weighted by Crippen LogP contribution is -2.27. The maximum Gasteiger partial charge on any atom is 0.274 e. The van der Waals surface area contributed by atoms with Gasteiger partial charge in [-0.3, -0.25) is 20.0 Å². The molecule has 0 aliphatic heterocycles. The molecule has 0 unspecified atom stereocenters. The standard InChI is InChI=1S/C29H28N6O2/c1-22-10-12-23(13-11-22)16-17-33(19-26-15-14-24-6-2-4-8-27(24)31-26)20-29-32-30-21-34(29)18-25-7-3-5-9-28(25)35(36)37/h2-15,21H,16-20H2,1H3. The highest BCUT2D eigenvalue weighted by molar-refractivity contribution is 5.78. The third-order valence-electron chi connectivity index (χ3n) is 6.47. The van der Waals surface area contributed by atoms with Gasteiger partial charge in [-0.2, -0.15) is 0 Å². The summed E-state index contributed by atoms with van der Waals surface area (Å²) in [5.41, 5.74) is 5.17. The van der Waals surface area contributed by atoms with Crippen LogP contribution < -0.4 is 0 Å². The molecule has 186 valence electrons. The van der Waals surface area contributed by atoms with Crippen molar-refractivity contribution < 1.29 is 4.92 Å². The molecule has 0 bridgehead atoms. The first-order chi connectivity index (χ1) is 18.0. The summed E-state index contributed by atoms with van der Waals surface area (Å²) < 4.78 is 1.88. The molecule has 0 fully saturated rings. The lowest BCUT2D eigenvalue weighted by Gasteiger charge is -2.22. The zero-order valence-electron chi connectivity index (χ0n) is 20.7. The van der Waals surface area contributed by atoms with E-state index in [0.29, 0.717) is 25.2 Å². The maximum absolute atomic E-state index is 11.5. The van der Waals surface area contributed by atoms with E-state index < -0.39 is 0 Å². The van der Waals surface area contributed by atoms with Crippen LogP contribution in [0.4, 0.5) is 5.69 Å². The first-order valence-electron chi connectivity index (χ1n) is 12.3. The number of fused-ring (bicyclic) bond motifs is 1. The molecule has 5 rings (SSSR count). The molecule has 5 aromatic rings. The summed E-state index contributed by atoms with van der Waals surface area (Å²) in [5, 5.41) is 21.1. The number of para-hydroxylation sites is 2. The fraction of sp³-hybridized carbons (Fsp3) is 0.207. The second kappa shape index (κ2) is 11.1. The van der Waals surface area contributed by atoms with E-state index in [9.17, 15) is 10.1 Å². The minimum absolute atomic E-state index is 0.0961. The van der Waals surface area contributed by atoms with Crippen molar-refractivity contribution in [3.05, 3.63) is 130 Å². The normalized spacial score (nSPS) is 11.3. The minimum Gasteiger partial charge on any atom is -0.312 e. The Morgan fingerprint density at radius 3 is 2.54 bits per heavy atom. The molecule has 8 heteroatoms. The van der Waals surface area contributed by atoms with Crippen LogP contribution in [0.2, 0.25) is 0 Å². The first-order valence-corrected chi connectivity index (χ1v) is 12.3. The highest BCUT2D eigenvalue weighted by atomic mass is 16.6. The van der Waals surface area contributed by atoms with Crippen LogP contribution in [-0.2, 0) is 26.1 Å². The van der Waals surface area contributed by atoms with Gasteiger partial charge in [0.15, 0.2) is 0 Å². The number of aromatic nitrogens is 4. The van der Waals surface area contributed by atoms with Gasteiger partial charge >= 0.3 is 0 Å². The van der Waals surface area contributed by atoms with Gasteiger partial charge in [-0.1, -0.05) is 72.3 Å². The number of aryl methyl sites for hydroxylation is 1. The lowest BCUT2D eigenvalue weighted by atomic mass is 10.1. The van der Waals surface area contributed by atoms with Gasteiger partial charge in [0.25, 0.3) is 5.69 Å². The van der Waals surface area contributed by atoms with Gasteiger partial charge in [0.1, 0.15) is 12.2 Å². The zero-order chi connectivity index (χ0) is 25.6. The van der Waals surface area contributed by atoms with E-state index in [2.05, 4.69) is 64.5 Å². The van der Waals surface area contributed by atoms with E-state index in [1.165, 1.54) is 17.2 Å². The second-order valence-electron chi connectivity index (χ2n) is 9.20. The maximum atomic E-state index is 11.5. The van der Waals surface area contributed by atoms with Crippen LogP contribution >= 0.6 is 0 Å². The molecule has 0 aliphatic carbocycles. The average Bonchev–Trinajstić information content (AvgIpc) is 3.34. The Bertz CT molecular complexity index is 1510. The van der Waals surface area contributed by atoms with Gasteiger partial charge in [-0.15, -0.1) is 10.2 Å². The Hall–Kier alpha value is -4.43. The molecule has 0 aliphatic rings. The predicted octanol–water partition coefficient (Wildman–Crippen LogP) is 5.34. The Labute approximate surface area is 215 Å². The van der Waals surface area contributed by atoms with Crippen LogP contribution in [0.1, 0.15) is 28.2 Å². The molecule has 37 heavy (non-hydrogen) atoms. The molecule has 2 heterocycles. The number of nitro benzene ring substituents is 1. The van der Waals surface area contributed by atoms with Crippen molar-refractivity contribution in [3.63, 3.8) is 0 Å². The minimum atomic E-state index is -0.349. The van der Waals surface area contributed by atoms with Crippen LogP contribution in [0.3, 0.4) is 0 Å². The summed E-state index contributed by atoms with van der Waals surface area (Å²) in [6.07, 6.45) is 2.52. The third-order valence-corrected chi connectivity index (χ3v) is 6.47. The fourth-order valence-electron chi connectivity index (χ4n) is 4.42. The Morgan fingerprint density at radius 2 is 1.70 bits per heavy atom. The Balaban J connectivity index is 1.38. The topological polar surface area (TPSA) is 90.0 Å². The molecule has 0 N–H and O–H groups in total. The molecule has 0 amide bonds. The summed E-state index contributed by atoms with van der Waals surface area (Å²) >= 11 is 0. The quantitative estimate of drug-likeness (QED) is 0.193. The van der Waals surface area contributed by atoms with Crippen molar-refractivity contribution in [2.45, 2.75) is 33.0 Å². The van der Waals surface area contributed by atoms with Crippen LogP contribution in [-0.4, -0.2) is 36.1 Å². The van der Waals surface area contributed by atoms with Crippen LogP contribution in [0.15, 0.2) is 91.3 Å². The van der Waals surface area contributed by atoms with Crippen LogP contribution in [0.25, 0.3) is 10.9 Å². The van der Waals surface area contributed by atoms with Crippen molar-refractivity contribution in [3.8, 4) is 0 Å². The van der Waals surface area contributed by atoms with E-state index in [1.54, 1.807) is 18.5 Å². The van der Waals surface area contributed by atoms with Gasteiger partial charge in [0.05, 0.1) is 29.2 Å². The zero-order valence-corrected chi connectivity index (χ0v) is 20.7. The average molecular weight is 493 g/mol. The number of nitrogens with zero attached hydrogens (tertiary/aromatic N) is 6. The molecule has 0 spiro atoms. The van der Waals surface area contributed by atoms with E-state index in [1.807, 2.05) is 28.8 Å². The summed E-state index contributed by atoms with van der Waals surface area (Å²) in [6, 6.07) is 27.7. The van der Waals surface area contributed by atoms with E-state index >= 15 is 0 Å². The molecule has 0 saturated carbocycles. The highest BCUT2D eigenvalue weighted by Gasteiger charge is 2.17. The Morgan fingerprint density at radius 1 is 0.919 bits per heavy atom. The third kappa shape index (κ3) is 6.05. The number of benzene rings is 3. The fourth-order valence-corrected chi connectivity index (χ4v) is 4.42. The number of nitro groups is 1. The molecule has 0 atom stereocenters. The van der Waals surface area contributed by atoms with Crippen molar-refractivity contribution in [1.82, 2.24) is 24.6 Å². The van der Waals surface area contributed by atoms with Crippen LogP contribution in [0.5, 0.6) is 0 Å². The van der Waals surface area contributed by atoms with Gasteiger partial charge in [-0.25, -0.2) is 0 Å². The molecular formula is C29H28N6O2. The molecular weight excluding hydrogens is 464 g/mol.